The number of carbonyl (C=O) groups is 1. The maximum absolute atomic E-state index is 13.3. The Morgan fingerprint density at radius 1 is 1.42 bits per heavy atom. The van der Waals surface area contributed by atoms with Gasteiger partial charge in [-0.05, 0) is 30.2 Å². The van der Waals surface area contributed by atoms with Gasteiger partial charge >= 0.3 is 5.97 Å². The largest absolute Gasteiger partial charge is 0.478 e. The molecule has 0 aliphatic rings. The number of benzene rings is 1. The summed E-state index contributed by atoms with van der Waals surface area (Å²) >= 11 is 0. The fourth-order valence-corrected chi connectivity index (χ4v) is 1.97. The molecule has 0 aliphatic carbocycles. The molecule has 1 aromatic carbocycles. The lowest BCUT2D eigenvalue weighted by Crippen LogP contribution is -2.28. The molecule has 106 valence electrons. The molecule has 1 unspecified atom stereocenters. The molecule has 3 nitrogen and oxygen atoms in total. The average molecular weight is 267 g/mol. The van der Waals surface area contributed by atoms with Crippen molar-refractivity contribution in [3.63, 3.8) is 0 Å². The summed E-state index contributed by atoms with van der Waals surface area (Å²) in [6.07, 6.45) is 1.11. The van der Waals surface area contributed by atoms with Crippen LogP contribution in [-0.2, 0) is 6.54 Å². The Labute approximate surface area is 114 Å². The van der Waals surface area contributed by atoms with Gasteiger partial charge in [0, 0.05) is 13.1 Å². The normalized spacial score (nSPS) is 12.7. The van der Waals surface area contributed by atoms with Crippen molar-refractivity contribution in [3.05, 3.63) is 35.1 Å². The molecule has 0 bridgehead atoms. The summed E-state index contributed by atoms with van der Waals surface area (Å²) in [4.78, 5) is 13.1. The standard InChI is InChI=1S/C15H22FNO2/c1-4-11(3)9-17(5-2)10-12-6-7-14(16)13(8-12)15(18)19/h6-8,11H,4-5,9-10H2,1-3H3,(H,18,19). The molecule has 1 aromatic rings. The first-order valence-corrected chi connectivity index (χ1v) is 6.72. The summed E-state index contributed by atoms with van der Waals surface area (Å²) < 4.78 is 13.3. The Morgan fingerprint density at radius 3 is 2.63 bits per heavy atom. The lowest BCUT2D eigenvalue weighted by atomic mass is 10.1. The van der Waals surface area contributed by atoms with Crippen LogP contribution in [-0.4, -0.2) is 29.1 Å². The van der Waals surface area contributed by atoms with Crippen molar-refractivity contribution in [2.24, 2.45) is 5.92 Å². The third-order valence-electron chi connectivity index (χ3n) is 3.38. The van der Waals surface area contributed by atoms with E-state index in [4.69, 9.17) is 5.11 Å². The summed E-state index contributed by atoms with van der Waals surface area (Å²) in [5, 5.41) is 8.91. The van der Waals surface area contributed by atoms with E-state index in [9.17, 15) is 9.18 Å². The highest BCUT2D eigenvalue weighted by Crippen LogP contribution is 2.14. The number of aromatic carboxylic acids is 1. The van der Waals surface area contributed by atoms with Crippen LogP contribution in [0.25, 0.3) is 0 Å². The van der Waals surface area contributed by atoms with E-state index in [-0.39, 0.29) is 5.56 Å². The van der Waals surface area contributed by atoms with Crippen LogP contribution >= 0.6 is 0 Å². The number of halogens is 1. The number of rotatable bonds is 7. The minimum Gasteiger partial charge on any atom is -0.478 e. The minimum atomic E-state index is -1.22. The van der Waals surface area contributed by atoms with Gasteiger partial charge in [-0.15, -0.1) is 0 Å². The van der Waals surface area contributed by atoms with Gasteiger partial charge in [-0.1, -0.05) is 33.3 Å². The van der Waals surface area contributed by atoms with E-state index in [0.29, 0.717) is 12.5 Å². The number of hydrogen-bond donors (Lipinski definition) is 1. The van der Waals surface area contributed by atoms with Crippen molar-refractivity contribution in [2.45, 2.75) is 33.7 Å². The van der Waals surface area contributed by atoms with E-state index >= 15 is 0 Å². The average Bonchev–Trinajstić information content (AvgIpc) is 2.39. The van der Waals surface area contributed by atoms with Crippen LogP contribution in [0.1, 0.15) is 43.1 Å². The monoisotopic (exact) mass is 267 g/mol. The maximum atomic E-state index is 13.3. The summed E-state index contributed by atoms with van der Waals surface area (Å²) in [6.45, 7) is 8.93. The topological polar surface area (TPSA) is 40.5 Å². The molecule has 0 fully saturated rings. The van der Waals surface area contributed by atoms with E-state index < -0.39 is 11.8 Å². The lowest BCUT2D eigenvalue weighted by molar-refractivity contribution is 0.0691. The first kappa shape index (κ1) is 15.6. The van der Waals surface area contributed by atoms with Gasteiger partial charge in [0.15, 0.2) is 0 Å². The van der Waals surface area contributed by atoms with Gasteiger partial charge in [0.05, 0.1) is 5.56 Å². The first-order chi connectivity index (χ1) is 8.97. The van der Waals surface area contributed by atoms with Crippen molar-refractivity contribution in [1.29, 1.82) is 0 Å². The molecular formula is C15H22FNO2. The molecule has 0 amide bonds. The van der Waals surface area contributed by atoms with Gasteiger partial charge in [0.1, 0.15) is 5.82 Å². The molecule has 1 rings (SSSR count). The van der Waals surface area contributed by atoms with Gasteiger partial charge in [0.2, 0.25) is 0 Å². The molecule has 19 heavy (non-hydrogen) atoms. The Bertz CT molecular complexity index is 434. The van der Waals surface area contributed by atoms with E-state index in [1.54, 1.807) is 6.07 Å². The van der Waals surface area contributed by atoms with Gasteiger partial charge in [-0.25, -0.2) is 9.18 Å². The van der Waals surface area contributed by atoms with E-state index in [1.165, 1.54) is 12.1 Å². The van der Waals surface area contributed by atoms with Crippen LogP contribution < -0.4 is 0 Å². The highest BCUT2D eigenvalue weighted by atomic mass is 19.1. The molecule has 0 aliphatic heterocycles. The second-order valence-electron chi connectivity index (χ2n) is 4.96. The number of nitrogens with zero attached hydrogens (tertiary/aromatic N) is 1. The highest BCUT2D eigenvalue weighted by molar-refractivity contribution is 5.88. The smallest absolute Gasteiger partial charge is 0.338 e. The third kappa shape index (κ3) is 4.63. The van der Waals surface area contributed by atoms with Gasteiger partial charge < -0.3 is 5.11 Å². The quantitative estimate of drug-likeness (QED) is 0.823. The molecular weight excluding hydrogens is 245 g/mol. The van der Waals surface area contributed by atoms with Crippen LogP contribution in [0.4, 0.5) is 4.39 Å². The molecule has 4 heteroatoms. The van der Waals surface area contributed by atoms with Crippen molar-refractivity contribution in [3.8, 4) is 0 Å². The molecule has 0 saturated carbocycles. The van der Waals surface area contributed by atoms with Crippen LogP contribution in [0.15, 0.2) is 18.2 Å². The Balaban J connectivity index is 2.80. The fourth-order valence-electron chi connectivity index (χ4n) is 1.97. The number of hydrogen-bond acceptors (Lipinski definition) is 2. The van der Waals surface area contributed by atoms with Gasteiger partial charge in [-0.2, -0.15) is 0 Å². The first-order valence-electron chi connectivity index (χ1n) is 6.72. The zero-order chi connectivity index (χ0) is 14.4. The van der Waals surface area contributed by atoms with Crippen LogP contribution in [0.2, 0.25) is 0 Å². The zero-order valence-corrected chi connectivity index (χ0v) is 11.8. The highest BCUT2D eigenvalue weighted by Gasteiger charge is 2.13. The number of carboxylic acids is 1. The SMILES string of the molecule is CCC(C)CN(CC)Cc1ccc(F)c(C(=O)O)c1. The summed E-state index contributed by atoms with van der Waals surface area (Å²) in [5.41, 5.74) is 0.584. The predicted octanol–water partition coefficient (Wildman–Crippen LogP) is 3.39. The van der Waals surface area contributed by atoms with Crippen molar-refractivity contribution >= 4 is 5.97 Å². The van der Waals surface area contributed by atoms with E-state index in [0.717, 1.165) is 25.1 Å². The Morgan fingerprint density at radius 2 is 2.11 bits per heavy atom. The van der Waals surface area contributed by atoms with E-state index in [1.807, 2.05) is 0 Å². The second-order valence-corrected chi connectivity index (χ2v) is 4.96. The van der Waals surface area contributed by atoms with E-state index in [2.05, 4.69) is 25.7 Å². The molecule has 0 spiro atoms. The molecule has 0 saturated heterocycles. The number of carboxylic acid groups (broad SMARTS) is 1. The molecule has 1 N–H and O–H groups in total. The predicted molar refractivity (Wildman–Crippen MR) is 73.8 cm³/mol. The van der Waals surface area contributed by atoms with Crippen molar-refractivity contribution < 1.29 is 14.3 Å². The van der Waals surface area contributed by atoms with Crippen LogP contribution in [0.5, 0.6) is 0 Å². The molecule has 0 aromatic heterocycles. The van der Waals surface area contributed by atoms with Gasteiger partial charge in [0.25, 0.3) is 0 Å². The Kier molecular flexibility index (Phi) is 5.96. The molecule has 0 radical (unpaired) electrons. The van der Waals surface area contributed by atoms with Crippen molar-refractivity contribution in [1.82, 2.24) is 4.90 Å². The minimum absolute atomic E-state index is 0.253. The lowest BCUT2D eigenvalue weighted by Gasteiger charge is -2.23. The molecule has 1 atom stereocenters. The third-order valence-corrected chi connectivity index (χ3v) is 3.38. The summed E-state index contributed by atoms with van der Waals surface area (Å²) in [7, 11) is 0. The van der Waals surface area contributed by atoms with Crippen LogP contribution in [0, 0.1) is 11.7 Å². The fraction of sp³-hybridized carbons (Fsp3) is 0.533. The second kappa shape index (κ2) is 7.24. The van der Waals surface area contributed by atoms with Crippen molar-refractivity contribution in [2.75, 3.05) is 13.1 Å². The van der Waals surface area contributed by atoms with Crippen LogP contribution in [0.3, 0.4) is 0 Å². The maximum Gasteiger partial charge on any atom is 0.338 e. The zero-order valence-electron chi connectivity index (χ0n) is 11.8. The molecule has 0 heterocycles. The summed E-state index contributed by atoms with van der Waals surface area (Å²) in [5.74, 6) is -1.30. The Hall–Kier alpha value is -1.42. The summed E-state index contributed by atoms with van der Waals surface area (Å²) in [6, 6.07) is 4.31. The van der Waals surface area contributed by atoms with Gasteiger partial charge in [-0.3, -0.25) is 4.90 Å².